The molecular weight excluding hydrogens is 203 g/mol. The third-order valence-corrected chi connectivity index (χ3v) is 2.46. The number of alkyl halides is 3. The van der Waals surface area contributed by atoms with Crippen molar-refractivity contribution in [2.24, 2.45) is 5.92 Å². The Kier molecular flexibility index (Phi) is 3.61. The molecule has 84 valence electrons. The van der Waals surface area contributed by atoms with Crippen LogP contribution in [0.15, 0.2) is 24.3 Å². The summed E-state index contributed by atoms with van der Waals surface area (Å²) < 4.78 is 36.7. The highest BCUT2D eigenvalue weighted by atomic mass is 19.4. The highest BCUT2D eigenvalue weighted by Crippen LogP contribution is 2.29. The first kappa shape index (κ1) is 11.9. The number of anilines is 1. The minimum Gasteiger partial charge on any atom is -0.399 e. The maximum Gasteiger partial charge on any atom is 0.391 e. The standard InChI is InChI=1S/C11H14F3N/c1-8(11(12,13)14)6-7-9-4-2-3-5-10(9)15/h2-5,8H,6-7,15H2,1H3. The van der Waals surface area contributed by atoms with Crippen molar-refractivity contribution in [3.63, 3.8) is 0 Å². The van der Waals surface area contributed by atoms with E-state index in [4.69, 9.17) is 5.73 Å². The van der Waals surface area contributed by atoms with E-state index in [0.717, 1.165) is 5.56 Å². The third kappa shape index (κ3) is 3.46. The Hall–Kier alpha value is -1.19. The second-order valence-electron chi connectivity index (χ2n) is 3.68. The Labute approximate surface area is 87.1 Å². The summed E-state index contributed by atoms with van der Waals surface area (Å²) in [7, 11) is 0. The average molecular weight is 217 g/mol. The fourth-order valence-electron chi connectivity index (χ4n) is 1.30. The Morgan fingerprint density at radius 2 is 1.87 bits per heavy atom. The van der Waals surface area contributed by atoms with E-state index in [2.05, 4.69) is 0 Å². The Balaban J connectivity index is 2.55. The second kappa shape index (κ2) is 4.55. The molecule has 1 aromatic rings. The Morgan fingerprint density at radius 1 is 1.27 bits per heavy atom. The number of halogens is 3. The number of hydrogen-bond donors (Lipinski definition) is 1. The smallest absolute Gasteiger partial charge is 0.391 e. The monoisotopic (exact) mass is 217 g/mol. The van der Waals surface area contributed by atoms with Gasteiger partial charge in [-0.1, -0.05) is 25.1 Å². The summed E-state index contributed by atoms with van der Waals surface area (Å²) in [6.07, 6.45) is -3.66. The zero-order chi connectivity index (χ0) is 11.5. The maximum atomic E-state index is 12.2. The molecule has 0 amide bonds. The first-order valence-corrected chi connectivity index (χ1v) is 4.81. The average Bonchev–Trinajstić information content (AvgIpc) is 2.14. The van der Waals surface area contributed by atoms with Gasteiger partial charge in [0.25, 0.3) is 0 Å². The fourth-order valence-corrected chi connectivity index (χ4v) is 1.30. The van der Waals surface area contributed by atoms with Crippen LogP contribution in [-0.4, -0.2) is 6.18 Å². The molecule has 0 spiro atoms. The van der Waals surface area contributed by atoms with Crippen LogP contribution in [0.3, 0.4) is 0 Å². The molecular formula is C11H14F3N. The molecule has 2 N–H and O–H groups in total. The summed E-state index contributed by atoms with van der Waals surface area (Å²) in [6.45, 7) is 1.19. The van der Waals surface area contributed by atoms with Crippen LogP contribution in [0.5, 0.6) is 0 Å². The van der Waals surface area contributed by atoms with E-state index in [-0.39, 0.29) is 6.42 Å². The lowest BCUT2D eigenvalue weighted by molar-refractivity contribution is -0.170. The molecule has 4 heteroatoms. The second-order valence-corrected chi connectivity index (χ2v) is 3.68. The van der Waals surface area contributed by atoms with Gasteiger partial charge in [-0.3, -0.25) is 0 Å². The Bertz CT molecular complexity index is 320. The number of para-hydroxylation sites is 1. The highest BCUT2D eigenvalue weighted by molar-refractivity contribution is 5.46. The van der Waals surface area contributed by atoms with E-state index in [0.29, 0.717) is 12.1 Å². The van der Waals surface area contributed by atoms with E-state index in [1.807, 2.05) is 0 Å². The van der Waals surface area contributed by atoms with Crippen molar-refractivity contribution in [2.75, 3.05) is 5.73 Å². The van der Waals surface area contributed by atoms with Crippen molar-refractivity contribution in [1.29, 1.82) is 0 Å². The summed E-state index contributed by atoms with van der Waals surface area (Å²) in [4.78, 5) is 0. The molecule has 0 aromatic heterocycles. The van der Waals surface area contributed by atoms with Gasteiger partial charge >= 0.3 is 6.18 Å². The number of nitrogens with two attached hydrogens (primary N) is 1. The van der Waals surface area contributed by atoms with Crippen LogP contribution in [0.4, 0.5) is 18.9 Å². The molecule has 1 rings (SSSR count). The van der Waals surface area contributed by atoms with Crippen LogP contribution < -0.4 is 5.73 Å². The summed E-state index contributed by atoms with van der Waals surface area (Å²) in [6, 6.07) is 7.02. The first-order chi connectivity index (χ1) is 6.91. The van der Waals surface area contributed by atoms with Gasteiger partial charge in [0.2, 0.25) is 0 Å². The summed E-state index contributed by atoms with van der Waals surface area (Å²) >= 11 is 0. The van der Waals surface area contributed by atoms with Gasteiger partial charge in [0, 0.05) is 5.69 Å². The van der Waals surface area contributed by atoms with Gasteiger partial charge in [-0.15, -0.1) is 0 Å². The SMILES string of the molecule is CC(CCc1ccccc1N)C(F)(F)F. The minimum atomic E-state index is -4.11. The van der Waals surface area contributed by atoms with E-state index in [1.165, 1.54) is 6.92 Å². The van der Waals surface area contributed by atoms with Gasteiger partial charge in [-0.2, -0.15) is 13.2 Å². The summed E-state index contributed by atoms with van der Waals surface area (Å²) in [5.74, 6) is -1.28. The molecule has 1 aromatic carbocycles. The molecule has 0 saturated carbocycles. The predicted octanol–water partition coefficient (Wildman–Crippen LogP) is 3.40. The predicted molar refractivity (Wildman–Crippen MR) is 54.4 cm³/mol. The van der Waals surface area contributed by atoms with E-state index < -0.39 is 12.1 Å². The van der Waals surface area contributed by atoms with E-state index >= 15 is 0 Å². The highest BCUT2D eigenvalue weighted by Gasteiger charge is 2.35. The van der Waals surface area contributed by atoms with Crippen molar-refractivity contribution in [3.8, 4) is 0 Å². The van der Waals surface area contributed by atoms with Gasteiger partial charge in [-0.25, -0.2) is 0 Å². The molecule has 0 heterocycles. The first-order valence-electron chi connectivity index (χ1n) is 4.81. The van der Waals surface area contributed by atoms with E-state index in [9.17, 15) is 13.2 Å². The molecule has 15 heavy (non-hydrogen) atoms. The lowest BCUT2D eigenvalue weighted by atomic mass is 10.00. The van der Waals surface area contributed by atoms with Gasteiger partial charge in [0.15, 0.2) is 0 Å². The van der Waals surface area contributed by atoms with Crippen molar-refractivity contribution in [3.05, 3.63) is 29.8 Å². The lowest BCUT2D eigenvalue weighted by Crippen LogP contribution is -2.20. The number of rotatable bonds is 3. The van der Waals surface area contributed by atoms with Gasteiger partial charge in [0.1, 0.15) is 0 Å². The van der Waals surface area contributed by atoms with E-state index in [1.54, 1.807) is 24.3 Å². The van der Waals surface area contributed by atoms with Gasteiger partial charge < -0.3 is 5.73 Å². The number of aryl methyl sites for hydroxylation is 1. The molecule has 0 aliphatic carbocycles. The molecule has 0 saturated heterocycles. The van der Waals surface area contributed by atoms with Crippen molar-refractivity contribution in [1.82, 2.24) is 0 Å². The largest absolute Gasteiger partial charge is 0.399 e. The minimum absolute atomic E-state index is 0.0811. The number of hydrogen-bond acceptors (Lipinski definition) is 1. The van der Waals surface area contributed by atoms with Crippen molar-refractivity contribution < 1.29 is 13.2 Å². The van der Waals surface area contributed by atoms with Crippen LogP contribution in [-0.2, 0) is 6.42 Å². The summed E-state index contributed by atoms with van der Waals surface area (Å²) in [5.41, 5.74) is 6.98. The van der Waals surface area contributed by atoms with Crippen LogP contribution in [0.25, 0.3) is 0 Å². The third-order valence-electron chi connectivity index (χ3n) is 2.46. The zero-order valence-corrected chi connectivity index (χ0v) is 8.51. The van der Waals surface area contributed by atoms with Crippen LogP contribution in [0.2, 0.25) is 0 Å². The fraction of sp³-hybridized carbons (Fsp3) is 0.455. The van der Waals surface area contributed by atoms with Crippen molar-refractivity contribution in [2.45, 2.75) is 25.9 Å². The molecule has 0 aliphatic heterocycles. The Morgan fingerprint density at radius 3 is 2.40 bits per heavy atom. The number of benzene rings is 1. The molecule has 0 fully saturated rings. The quantitative estimate of drug-likeness (QED) is 0.771. The summed E-state index contributed by atoms with van der Waals surface area (Å²) in [5, 5.41) is 0. The van der Waals surface area contributed by atoms with Gasteiger partial charge in [0.05, 0.1) is 5.92 Å². The van der Waals surface area contributed by atoms with Crippen molar-refractivity contribution >= 4 is 5.69 Å². The molecule has 0 bridgehead atoms. The maximum absolute atomic E-state index is 12.2. The molecule has 1 nitrogen and oxygen atoms in total. The van der Waals surface area contributed by atoms with Gasteiger partial charge in [-0.05, 0) is 24.5 Å². The molecule has 0 aliphatic rings. The van der Waals surface area contributed by atoms with Crippen LogP contribution in [0, 0.1) is 5.92 Å². The molecule has 0 radical (unpaired) electrons. The normalized spacial score (nSPS) is 13.9. The van der Waals surface area contributed by atoms with Crippen LogP contribution in [0.1, 0.15) is 18.9 Å². The molecule has 1 unspecified atom stereocenters. The molecule has 1 atom stereocenters. The zero-order valence-electron chi connectivity index (χ0n) is 8.51. The topological polar surface area (TPSA) is 26.0 Å². The van der Waals surface area contributed by atoms with Crippen LogP contribution >= 0.6 is 0 Å². The lowest BCUT2D eigenvalue weighted by Gasteiger charge is -2.15. The number of nitrogen functional groups attached to an aromatic ring is 1.